The minimum atomic E-state index is 0.596. The summed E-state index contributed by atoms with van der Waals surface area (Å²) in [5, 5.41) is 3.68. The van der Waals surface area contributed by atoms with Gasteiger partial charge in [0.15, 0.2) is 0 Å². The number of aryl methyl sites for hydroxylation is 1. The largest absolute Gasteiger partial charge is 0.381 e. The monoisotopic (exact) mass is 372 g/mol. The molecule has 0 radical (unpaired) electrons. The second-order valence-electron chi connectivity index (χ2n) is 6.33. The molecule has 1 N–H and O–H groups in total. The summed E-state index contributed by atoms with van der Waals surface area (Å²) in [7, 11) is 0. The smallest absolute Gasteiger partial charge is 0.0486 e. The van der Waals surface area contributed by atoms with E-state index in [0.29, 0.717) is 6.04 Å². The summed E-state index contributed by atoms with van der Waals surface area (Å²) in [5.41, 5.74) is 2.67. The number of para-hydroxylation sites is 1. The lowest BCUT2D eigenvalue weighted by atomic mass is 10.0. The molecular weight excluding hydrogens is 348 g/mol. The van der Waals surface area contributed by atoms with E-state index in [-0.39, 0.29) is 0 Å². The van der Waals surface area contributed by atoms with Crippen LogP contribution in [0.5, 0.6) is 0 Å². The number of halogens is 1. The summed E-state index contributed by atoms with van der Waals surface area (Å²) in [5.74, 6) is 0. The van der Waals surface area contributed by atoms with Crippen LogP contribution in [-0.4, -0.2) is 30.6 Å². The molecule has 3 rings (SSSR count). The number of hydrogen-bond acceptors (Lipinski definition) is 2. The summed E-state index contributed by atoms with van der Waals surface area (Å²) in [4.78, 5) is 2.61. The molecule has 2 aromatic carbocycles. The highest BCUT2D eigenvalue weighted by atomic mass is 79.9. The fourth-order valence-corrected chi connectivity index (χ4v) is 3.65. The molecule has 1 aliphatic heterocycles. The number of likely N-dealkylation sites (tertiary alicyclic amines) is 1. The van der Waals surface area contributed by atoms with Gasteiger partial charge in [-0.25, -0.2) is 0 Å². The Labute approximate surface area is 148 Å². The van der Waals surface area contributed by atoms with Gasteiger partial charge in [0.2, 0.25) is 0 Å². The van der Waals surface area contributed by atoms with Gasteiger partial charge in [0.25, 0.3) is 0 Å². The van der Waals surface area contributed by atoms with Crippen molar-refractivity contribution in [2.45, 2.75) is 31.7 Å². The summed E-state index contributed by atoms with van der Waals surface area (Å²) >= 11 is 3.62. The first-order valence-electron chi connectivity index (χ1n) is 8.58. The van der Waals surface area contributed by atoms with Crippen molar-refractivity contribution in [2.24, 2.45) is 0 Å². The molecule has 2 nitrogen and oxygen atoms in total. The number of anilines is 1. The van der Waals surface area contributed by atoms with Crippen molar-refractivity contribution >= 4 is 21.6 Å². The van der Waals surface area contributed by atoms with Gasteiger partial charge in [-0.15, -0.1) is 0 Å². The molecule has 0 bridgehead atoms. The fraction of sp³-hybridized carbons (Fsp3) is 0.400. The van der Waals surface area contributed by atoms with E-state index in [0.717, 1.165) is 4.47 Å². The molecular formula is C20H25BrN2. The molecule has 1 heterocycles. The van der Waals surface area contributed by atoms with Gasteiger partial charge in [0, 0.05) is 29.3 Å². The van der Waals surface area contributed by atoms with Crippen LogP contribution in [0.4, 0.5) is 5.69 Å². The predicted molar refractivity (Wildman–Crippen MR) is 102 cm³/mol. The van der Waals surface area contributed by atoms with Gasteiger partial charge in [0.1, 0.15) is 0 Å². The van der Waals surface area contributed by atoms with Gasteiger partial charge in [-0.05, 0) is 65.9 Å². The molecule has 1 aliphatic rings. The lowest BCUT2D eigenvalue weighted by Crippen LogP contribution is -2.39. The highest BCUT2D eigenvalue weighted by Crippen LogP contribution is 2.24. The van der Waals surface area contributed by atoms with E-state index < -0.39 is 0 Å². The lowest BCUT2D eigenvalue weighted by Gasteiger charge is -2.33. The van der Waals surface area contributed by atoms with Crippen LogP contribution in [0.2, 0.25) is 0 Å². The van der Waals surface area contributed by atoms with Crippen LogP contribution in [0.25, 0.3) is 0 Å². The lowest BCUT2D eigenvalue weighted by molar-refractivity contribution is 0.217. The van der Waals surface area contributed by atoms with Crippen molar-refractivity contribution < 1.29 is 0 Å². The van der Waals surface area contributed by atoms with Crippen LogP contribution in [0.3, 0.4) is 0 Å². The maximum absolute atomic E-state index is 3.68. The molecule has 122 valence electrons. The Hall–Kier alpha value is -1.32. The number of nitrogens with one attached hydrogen (secondary N) is 1. The van der Waals surface area contributed by atoms with Gasteiger partial charge < -0.3 is 10.2 Å². The maximum atomic E-state index is 3.68. The third-order valence-electron chi connectivity index (χ3n) is 4.60. The predicted octanol–water partition coefficient (Wildman–Crippen LogP) is 4.96. The summed E-state index contributed by atoms with van der Waals surface area (Å²) in [6.45, 7) is 3.63. The molecule has 0 saturated carbocycles. The Morgan fingerprint density at radius 1 is 0.957 bits per heavy atom. The Bertz CT molecular complexity index is 592. The normalized spacial score (nSPS) is 16.4. The average Bonchev–Trinajstić information content (AvgIpc) is 2.59. The molecule has 0 amide bonds. The second kappa shape index (κ2) is 8.51. The van der Waals surface area contributed by atoms with Gasteiger partial charge in [-0.3, -0.25) is 0 Å². The van der Waals surface area contributed by atoms with E-state index in [2.05, 4.69) is 80.7 Å². The van der Waals surface area contributed by atoms with Gasteiger partial charge in [-0.1, -0.05) is 42.5 Å². The first-order chi connectivity index (χ1) is 11.3. The maximum Gasteiger partial charge on any atom is 0.0486 e. The number of nitrogens with zero attached hydrogens (tertiary/aromatic N) is 1. The highest BCUT2D eigenvalue weighted by molar-refractivity contribution is 9.10. The second-order valence-corrected chi connectivity index (χ2v) is 7.18. The van der Waals surface area contributed by atoms with Gasteiger partial charge in [0.05, 0.1) is 0 Å². The first-order valence-corrected chi connectivity index (χ1v) is 9.38. The number of benzene rings is 2. The van der Waals surface area contributed by atoms with E-state index >= 15 is 0 Å². The quantitative estimate of drug-likeness (QED) is 0.770. The van der Waals surface area contributed by atoms with Gasteiger partial charge in [-0.2, -0.15) is 0 Å². The molecule has 23 heavy (non-hydrogen) atoms. The molecule has 0 aromatic heterocycles. The molecule has 3 heteroatoms. The van der Waals surface area contributed by atoms with Crippen molar-refractivity contribution in [2.75, 3.05) is 25.0 Å². The summed E-state index contributed by atoms with van der Waals surface area (Å²) < 4.78 is 1.16. The third kappa shape index (κ3) is 5.08. The third-order valence-corrected chi connectivity index (χ3v) is 5.30. The van der Waals surface area contributed by atoms with Crippen LogP contribution in [0, 0.1) is 0 Å². The SMILES string of the molecule is Brc1ccccc1NC1CCN(CCCc2ccccc2)CC1. The van der Waals surface area contributed by atoms with Crippen LogP contribution in [0.1, 0.15) is 24.8 Å². The van der Waals surface area contributed by atoms with Crippen LogP contribution >= 0.6 is 15.9 Å². The topological polar surface area (TPSA) is 15.3 Å². The molecule has 1 saturated heterocycles. The standard InChI is InChI=1S/C20H25BrN2/c21-19-10-4-5-11-20(19)22-18-12-15-23(16-13-18)14-6-9-17-7-2-1-3-8-17/h1-5,7-8,10-11,18,22H,6,9,12-16H2. The zero-order chi connectivity index (χ0) is 15.9. The molecule has 0 unspecified atom stereocenters. The summed E-state index contributed by atoms with van der Waals surface area (Å²) in [6.07, 6.45) is 4.90. The average molecular weight is 373 g/mol. The molecule has 1 fully saturated rings. The van der Waals surface area contributed by atoms with Gasteiger partial charge >= 0.3 is 0 Å². The Morgan fingerprint density at radius 2 is 1.65 bits per heavy atom. The minimum Gasteiger partial charge on any atom is -0.381 e. The Kier molecular flexibility index (Phi) is 6.12. The van der Waals surface area contributed by atoms with Crippen molar-refractivity contribution in [1.82, 2.24) is 4.90 Å². The van der Waals surface area contributed by atoms with Crippen LogP contribution < -0.4 is 5.32 Å². The molecule has 0 spiro atoms. The van der Waals surface area contributed by atoms with E-state index in [1.165, 1.54) is 56.6 Å². The van der Waals surface area contributed by atoms with Crippen molar-refractivity contribution in [1.29, 1.82) is 0 Å². The zero-order valence-corrected chi connectivity index (χ0v) is 15.1. The van der Waals surface area contributed by atoms with E-state index in [1.807, 2.05) is 0 Å². The fourth-order valence-electron chi connectivity index (χ4n) is 3.25. The Balaban J connectivity index is 1.38. The van der Waals surface area contributed by atoms with Crippen molar-refractivity contribution in [3.8, 4) is 0 Å². The number of rotatable bonds is 6. The van der Waals surface area contributed by atoms with Crippen molar-refractivity contribution in [3.63, 3.8) is 0 Å². The number of hydrogen-bond donors (Lipinski definition) is 1. The zero-order valence-electron chi connectivity index (χ0n) is 13.5. The van der Waals surface area contributed by atoms with E-state index in [4.69, 9.17) is 0 Å². The van der Waals surface area contributed by atoms with Crippen LogP contribution in [-0.2, 0) is 6.42 Å². The summed E-state index contributed by atoms with van der Waals surface area (Å²) in [6, 6.07) is 19.8. The molecule has 2 aromatic rings. The van der Waals surface area contributed by atoms with E-state index in [9.17, 15) is 0 Å². The molecule has 0 aliphatic carbocycles. The van der Waals surface area contributed by atoms with Crippen LogP contribution in [0.15, 0.2) is 59.1 Å². The van der Waals surface area contributed by atoms with Crippen molar-refractivity contribution in [3.05, 3.63) is 64.6 Å². The number of piperidine rings is 1. The first kappa shape index (κ1) is 16.5. The molecule has 0 atom stereocenters. The van der Waals surface area contributed by atoms with E-state index in [1.54, 1.807) is 0 Å². The minimum absolute atomic E-state index is 0.596. The highest BCUT2D eigenvalue weighted by Gasteiger charge is 2.19. The Morgan fingerprint density at radius 3 is 2.39 bits per heavy atom.